The van der Waals surface area contributed by atoms with Crippen molar-refractivity contribution in [3.8, 4) is 16.3 Å². The lowest BCUT2D eigenvalue weighted by molar-refractivity contribution is 0.242. The van der Waals surface area contributed by atoms with Crippen LogP contribution in [0.5, 0.6) is 5.75 Å². The summed E-state index contributed by atoms with van der Waals surface area (Å²) in [6, 6.07) is 7.96. The molecule has 0 bridgehead atoms. The van der Waals surface area contributed by atoms with Crippen molar-refractivity contribution in [3.05, 3.63) is 29.3 Å². The van der Waals surface area contributed by atoms with Gasteiger partial charge in [0.25, 0.3) is 0 Å². The Balaban J connectivity index is 2.21. The standard InChI is InChI=1S/C13H17N3OS/c1-9(2)17-11-6-4-5-10(7-11)13-16-15-12(18-13)8-14-3/h4-7,9,14H,8H2,1-3H3. The van der Waals surface area contributed by atoms with Crippen molar-refractivity contribution in [1.29, 1.82) is 0 Å². The number of nitrogens with zero attached hydrogens (tertiary/aromatic N) is 2. The fourth-order valence-corrected chi connectivity index (χ4v) is 2.42. The van der Waals surface area contributed by atoms with E-state index in [4.69, 9.17) is 4.74 Å². The molecule has 0 saturated heterocycles. The molecular weight excluding hydrogens is 246 g/mol. The third kappa shape index (κ3) is 3.27. The lowest BCUT2D eigenvalue weighted by Gasteiger charge is -2.09. The molecule has 5 heteroatoms. The van der Waals surface area contributed by atoms with Crippen molar-refractivity contribution in [2.75, 3.05) is 7.05 Å². The van der Waals surface area contributed by atoms with Crippen molar-refractivity contribution < 1.29 is 4.74 Å². The molecule has 0 amide bonds. The summed E-state index contributed by atoms with van der Waals surface area (Å²) in [6.45, 7) is 4.78. The first-order valence-corrected chi connectivity index (χ1v) is 6.74. The van der Waals surface area contributed by atoms with E-state index in [9.17, 15) is 0 Å². The van der Waals surface area contributed by atoms with Crippen molar-refractivity contribution in [2.45, 2.75) is 26.5 Å². The van der Waals surface area contributed by atoms with E-state index in [0.29, 0.717) is 0 Å². The predicted molar refractivity (Wildman–Crippen MR) is 73.9 cm³/mol. The summed E-state index contributed by atoms with van der Waals surface area (Å²) in [5.74, 6) is 0.868. The van der Waals surface area contributed by atoms with Gasteiger partial charge in [-0.2, -0.15) is 0 Å². The number of benzene rings is 1. The third-order valence-corrected chi connectivity index (χ3v) is 3.22. The van der Waals surface area contributed by atoms with Gasteiger partial charge in [-0.05, 0) is 33.0 Å². The van der Waals surface area contributed by atoms with Crippen LogP contribution in [0.1, 0.15) is 18.9 Å². The van der Waals surface area contributed by atoms with E-state index in [0.717, 1.165) is 27.9 Å². The Bertz CT molecular complexity index is 510. The topological polar surface area (TPSA) is 47.0 Å². The maximum atomic E-state index is 5.67. The van der Waals surface area contributed by atoms with Gasteiger partial charge < -0.3 is 10.1 Å². The molecule has 0 spiro atoms. The Labute approximate surface area is 111 Å². The Morgan fingerprint density at radius 2 is 2.17 bits per heavy atom. The van der Waals surface area contributed by atoms with Crippen LogP contribution in [0.3, 0.4) is 0 Å². The second-order valence-electron chi connectivity index (χ2n) is 4.23. The highest BCUT2D eigenvalue weighted by Gasteiger charge is 2.07. The highest BCUT2D eigenvalue weighted by atomic mass is 32.1. The van der Waals surface area contributed by atoms with Gasteiger partial charge in [0.15, 0.2) is 0 Å². The SMILES string of the molecule is CNCc1nnc(-c2cccc(OC(C)C)c2)s1. The second-order valence-corrected chi connectivity index (χ2v) is 5.29. The number of rotatable bonds is 5. The summed E-state index contributed by atoms with van der Waals surface area (Å²) in [6.07, 6.45) is 0.175. The molecular formula is C13H17N3OS. The van der Waals surface area contributed by atoms with Crippen LogP contribution in [0.2, 0.25) is 0 Å². The molecule has 1 heterocycles. The molecule has 0 aliphatic rings. The van der Waals surface area contributed by atoms with Gasteiger partial charge >= 0.3 is 0 Å². The van der Waals surface area contributed by atoms with Gasteiger partial charge in [0.05, 0.1) is 6.10 Å². The van der Waals surface area contributed by atoms with Crippen LogP contribution < -0.4 is 10.1 Å². The van der Waals surface area contributed by atoms with Gasteiger partial charge in [0.2, 0.25) is 0 Å². The van der Waals surface area contributed by atoms with Gasteiger partial charge in [-0.15, -0.1) is 10.2 Å². The average Bonchev–Trinajstić information content (AvgIpc) is 2.78. The van der Waals surface area contributed by atoms with Gasteiger partial charge in [0.1, 0.15) is 15.8 Å². The minimum Gasteiger partial charge on any atom is -0.491 e. The quantitative estimate of drug-likeness (QED) is 0.901. The number of hydrogen-bond acceptors (Lipinski definition) is 5. The zero-order valence-electron chi connectivity index (χ0n) is 10.8. The number of ether oxygens (including phenoxy) is 1. The Morgan fingerprint density at radius 3 is 2.89 bits per heavy atom. The van der Waals surface area contributed by atoms with Crippen molar-refractivity contribution in [3.63, 3.8) is 0 Å². The van der Waals surface area contributed by atoms with E-state index < -0.39 is 0 Å². The minimum absolute atomic E-state index is 0.175. The van der Waals surface area contributed by atoms with Crippen LogP contribution in [0.15, 0.2) is 24.3 Å². The summed E-state index contributed by atoms with van der Waals surface area (Å²) in [5, 5.41) is 13.3. The number of hydrogen-bond donors (Lipinski definition) is 1. The molecule has 2 rings (SSSR count). The highest BCUT2D eigenvalue weighted by molar-refractivity contribution is 7.14. The van der Waals surface area contributed by atoms with Crippen LogP contribution in [-0.2, 0) is 6.54 Å². The Morgan fingerprint density at radius 1 is 1.33 bits per heavy atom. The van der Waals surface area contributed by atoms with Crippen LogP contribution in [0.25, 0.3) is 10.6 Å². The molecule has 96 valence electrons. The summed E-state index contributed by atoms with van der Waals surface area (Å²) in [4.78, 5) is 0. The Kier molecular flexibility index (Phi) is 4.28. The molecule has 0 aliphatic carbocycles. The molecule has 18 heavy (non-hydrogen) atoms. The third-order valence-electron chi connectivity index (χ3n) is 2.25. The summed E-state index contributed by atoms with van der Waals surface area (Å²) < 4.78 is 5.67. The fraction of sp³-hybridized carbons (Fsp3) is 0.385. The van der Waals surface area contributed by atoms with E-state index in [2.05, 4.69) is 15.5 Å². The van der Waals surface area contributed by atoms with Gasteiger partial charge in [-0.3, -0.25) is 0 Å². The van der Waals surface area contributed by atoms with Gasteiger partial charge in [-0.1, -0.05) is 23.5 Å². The first-order valence-electron chi connectivity index (χ1n) is 5.93. The van der Waals surface area contributed by atoms with Crippen molar-refractivity contribution in [1.82, 2.24) is 15.5 Å². The zero-order valence-corrected chi connectivity index (χ0v) is 11.6. The summed E-state index contributed by atoms with van der Waals surface area (Å²) in [5.41, 5.74) is 1.05. The van der Waals surface area contributed by atoms with E-state index in [-0.39, 0.29) is 6.10 Å². The maximum Gasteiger partial charge on any atom is 0.147 e. The van der Waals surface area contributed by atoms with E-state index in [1.54, 1.807) is 11.3 Å². The summed E-state index contributed by atoms with van der Waals surface area (Å²) in [7, 11) is 1.90. The van der Waals surface area contributed by atoms with Crippen LogP contribution >= 0.6 is 11.3 Å². The molecule has 0 saturated carbocycles. The van der Waals surface area contributed by atoms with Crippen LogP contribution in [0, 0.1) is 0 Å². The lowest BCUT2D eigenvalue weighted by atomic mass is 10.2. The Hall–Kier alpha value is -1.46. The molecule has 0 aliphatic heterocycles. The van der Waals surface area contributed by atoms with E-state index in [1.165, 1.54) is 0 Å². The predicted octanol–water partition coefficient (Wildman–Crippen LogP) is 2.71. The largest absolute Gasteiger partial charge is 0.491 e. The fourth-order valence-electron chi connectivity index (χ4n) is 1.57. The lowest BCUT2D eigenvalue weighted by Crippen LogP contribution is -2.05. The van der Waals surface area contributed by atoms with Crippen LogP contribution in [-0.4, -0.2) is 23.3 Å². The first-order chi connectivity index (χ1) is 8.69. The summed E-state index contributed by atoms with van der Waals surface area (Å²) >= 11 is 1.60. The van der Waals surface area contributed by atoms with Crippen molar-refractivity contribution in [2.24, 2.45) is 0 Å². The second kappa shape index (κ2) is 5.93. The average molecular weight is 263 g/mol. The number of aromatic nitrogens is 2. The molecule has 0 unspecified atom stereocenters. The molecule has 2 aromatic rings. The monoisotopic (exact) mass is 263 g/mol. The highest BCUT2D eigenvalue weighted by Crippen LogP contribution is 2.27. The van der Waals surface area contributed by atoms with Crippen LogP contribution in [0.4, 0.5) is 0 Å². The molecule has 0 radical (unpaired) electrons. The molecule has 4 nitrogen and oxygen atoms in total. The van der Waals surface area contributed by atoms with Gasteiger partial charge in [0, 0.05) is 12.1 Å². The number of nitrogens with one attached hydrogen (secondary N) is 1. The maximum absolute atomic E-state index is 5.67. The molecule has 1 aromatic heterocycles. The zero-order chi connectivity index (χ0) is 13.0. The normalized spacial score (nSPS) is 10.9. The van der Waals surface area contributed by atoms with Gasteiger partial charge in [-0.25, -0.2) is 0 Å². The smallest absolute Gasteiger partial charge is 0.147 e. The first kappa shape index (κ1) is 13.0. The van der Waals surface area contributed by atoms with E-state index >= 15 is 0 Å². The molecule has 0 atom stereocenters. The molecule has 0 fully saturated rings. The van der Waals surface area contributed by atoms with E-state index in [1.807, 2.05) is 45.2 Å². The molecule has 1 aromatic carbocycles. The molecule has 1 N–H and O–H groups in total. The minimum atomic E-state index is 0.175. The van der Waals surface area contributed by atoms with Crippen molar-refractivity contribution >= 4 is 11.3 Å².